The normalized spacial score (nSPS) is 12.8. The van der Waals surface area contributed by atoms with Gasteiger partial charge in [0.25, 0.3) is 0 Å². The number of hydrogen-bond donors (Lipinski definition) is 0. The highest BCUT2D eigenvalue weighted by Gasteiger charge is 2.30. The van der Waals surface area contributed by atoms with Crippen molar-refractivity contribution in [3.8, 4) is 17.2 Å². The Morgan fingerprint density at radius 1 is 0.737 bits per heavy atom. The highest BCUT2D eigenvalue weighted by molar-refractivity contribution is 7.54. The van der Waals surface area contributed by atoms with Crippen molar-refractivity contribution in [1.29, 1.82) is 0 Å². The van der Waals surface area contributed by atoms with E-state index in [2.05, 4.69) is 0 Å². The van der Waals surface area contributed by atoms with Crippen molar-refractivity contribution in [3.63, 3.8) is 0 Å². The molecule has 0 aromatic heterocycles. The summed E-state index contributed by atoms with van der Waals surface area (Å²) >= 11 is 0. The van der Waals surface area contributed by atoms with Crippen LogP contribution in [0.3, 0.4) is 0 Å². The topological polar surface area (TPSA) is 74.3 Å². The van der Waals surface area contributed by atoms with Crippen LogP contribution in [0.5, 0.6) is 17.2 Å². The molecule has 0 atom stereocenters. The first kappa shape index (κ1) is 25.4. The van der Waals surface area contributed by atoms with E-state index in [0.717, 1.165) is 16.7 Å². The van der Waals surface area contributed by atoms with E-state index in [4.69, 9.17) is 18.5 Å². The zero-order valence-electron chi connectivity index (χ0n) is 20.8. The summed E-state index contributed by atoms with van der Waals surface area (Å²) in [7, 11) is -3.70. The Morgan fingerprint density at radius 2 is 1.34 bits per heavy atom. The third-order valence-corrected chi connectivity index (χ3v) is 7.44. The minimum absolute atomic E-state index is 0.242. The molecule has 4 aromatic rings. The molecular formula is C30H28NO6P. The summed E-state index contributed by atoms with van der Waals surface area (Å²) in [6, 6.07) is 33.0. The number of fused-ring (bicyclic) bond motifs is 1. The zero-order valence-corrected chi connectivity index (χ0v) is 21.7. The molecule has 1 aliphatic heterocycles. The largest absolute Gasteiger partial charge is 0.479 e. The summed E-state index contributed by atoms with van der Waals surface area (Å²) < 4.78 is 36.6. The predicted molar refractivity (Wildman–Crippen MR) is 144 cm³/mol. The summed E-state index contributed by atoms with van der Waals surface area (Å²) in [5.41, 5.74) is 3.03. The number of carbonyl (C=O) groups excluding carboxylic acids is 1. The molecule has 194 valence electrons. The molecule has 1 amide bonds. The van der Waals surface area contributed by atoms with Crippen LogP contribution in [-0.4, -0.2) is 23.9 Å². The van der Waals surface area contributed by atoms with Crippen LogP contribution in [-0.2, 0) is 28.9 Å². The van der Waals surface area contributed by atoms with Crippen molar-refractivity contribution in [2.75, 3.05) is 12.9 Å². The third-order valence-electron chi connectivity index (χ3n) is 6.02. The molecule has 4 aromatic carbocycles. The molecule has 1 aliphatic rings. The maximum atomic E-state index is 13.7. The second-order valence-electron chi connectivity index (χ2n) is 8.84. The standard InChI is InChI=1S/C30H28NO6P/c32-30(34-22-24-10-4-1-5-11-24)31-19-18-25-20-29(17-16-26(25)21-31)35-23-38(33,36-27-12-6-2-7-13-27)37-28-14-8-3-9-15-28/h1-17,20H,18-19,21-23H2. The Kier molecular flexibility index (Phi) is 7.95. The lowest BCUT2D eigenvalue weighted by atomic mass is 10.00. The number of hydrogen-bond acceptors (Lipinski definition) is 6. The van der Waals surface area contributed by atoms with E-state index in [9.17, 15) is 9.36 Å². The van der Waals surface area contributed by atoms with Gasteiger partial charge in [-0.3, -0.25) is 0 Å². The lowest BCUT2D eigenvalue weighted by Crippen LogP contribution is -2.36. The fourth-order valence-corrected chi connectivity index (χ4v) is 5.43. The Bertz CT molecular complexity index is 1350. The van der Waals surface area contributed by atoms with E-state index in [0.29, 0.717) is 36.8 Å². The maximum absolute atomic E-state index is 13.7. The van der Waals surface area contributed by atoms with Gasteiger partial charge >= 0.3 is 13.7 Å². The first-order valence-electron chi connectivity index (χ1n) is 12.3. The van der Waals surface area contributed by atoms with E-state index >= 15 is 0 Å². The Morgan fingerprint density at radius 3 is 1.97 bits per heavy atom. The first-order valence-corrected chi connectivity index (χ1v) is 14.1. The molecule has 0 bridgehead atoms. The molecular weight excluding hydrogens is 501 g/mol. The van der Waals surface area contributed by atoms with Crippen LogP contribution in [0.1, 0.15) is 16.7 Å². The SMILES string of the molecule is O=C(OCc1ccccc1)N1CCc2cc(OCP(=O)(Oc3ccccc3)Oc3ccccc3)ccc2C1. The van der Waals surface area contributed by atoms with Crippen LogP contribution in [0, 0.1) is 0 Å². The van der Waals surface area contributed by atoms with E-state index < -0.39 is 7.60 Å². The van der Waals surface area contributed by atoms with Gasteiger partial charge in [-0.05, 0) is 59.5 Å². The molecule has 0 fully saturated rings. The number of carbonyl (C=O) groups is 1. The molecule has 0 aliphatic carbocycles. The van der Waals surface area contributed by atoms with Crippen molar-refractivity contribution in [2.45, 2.75) is 19.6 Å². The molecule has 8 heteroatoms. The maximum Gasteiger partial charge on any atom is 0.468 e. The molecule has 38 heavy (non-hydrogen) atoms. The van der Waals surface area contributed by atoms with Crippen LogP contribution < -0.4 is 13.8 Å². The second-order valence-corrected chi connectivity index (χ2v) is 10.7. The number of nitrogens with zero attached hydrogens (tertiary/aromatic N) is 1. The quantitative estimate of drug-likeness (QED) is 0.216. The van der Waals surface area contributed by atoms with E-state index in [1.807, 2.05) is 54.6 Å². The summed E-state index contributed by atoms with van der Waals surface area (Å²) in [6.45, 7) is 1.23. The van der Waals surface area contributed by atoms with Crippen molar-refractivity contribution < 1.29 is 27.9 Å². The van der Waals surface area contributed by atoms with Gasteiger partial charge in [-0.15, -0.1) is 0 Å². The average Bonchev–Trinajstić information content (AvgIpc) is 2.96. The minimum atomic E-state index is -3.70. The van der Waals surface area contributed by atoms with Crippen molar-refractivity contribution >= 4 is 13.7 Å². The highest BCUT2D eigenvalue weighted by Crippen LogP contribution is 2.48. The van der Waals surface area contributed by atoms with Crippen LogP contribution in [0.15, 0.2) is 109 Å². The van der Waals surface area contributed by atoms with Crippen LogP contribution in [0.2, 0.25) is 0 Å². The van der Waals surface area contributed by atoms with Gasteiger partial charge in [0.05, 0.1) is 0 Å². The van der Waals surface area contributed by atoms with Crippen LogP contribution in [0.4, 0.5) is 4.79 Å². The lowest BCUT2D eigenvalue weighted by Gasteiger charge is -2.28. The molecule has 0 saturated heterocycles. The number of amides is 1. The van der Waals surface area contributed by atoms with Crippen molar-refractivity contribution in [2.24, 2.45) is 0 Å². The third kappa shape index (κ3) is 6.75. The van der Waals surface area contributed by atoms with Crippen LogP contribution >= 0.6 is 7.60 Å². The Hall–Kier alpha value is -4.22. The molecule has 5 rings (SSSR count). The van der Waals surface area contributed by atoms with Crippen LogP contribution in [0.25, 0.3) is 0 Å². The zero-order chi connectivity index (χ0) is 26.2. The van der Waals surface area contributed by atoms with Crippen molar-refractivity contribution in [1.82, 2.24) is 4.90 Å². The van der Waals surface area contributed by atoms with Gasteiger partial charge in [-0.2, -0.15) is 0 Å². The molecule has 0 spiro atoms. The van der Waals surface area contributed by atoms with Gasteiger partial charge in [-0.25, -0.2) is 9.36 Å². The Balaban J connectivity index is 1.22. The fraction of sp³-hybridized carbons (Fsp3) is 0.167. The Labute approximate surface area is 222 Å². The van der Waals surface area contributed by atoms with Gasteiger partial charge in [0.2, 0.25) is 6.35 Å². The molecule has 0 unspecified atom stereocenters. The minimum Gasteiger partial charge on any atom is -0.479 e. The van der Waals surface area contributed by atoms with Crippen molar-refractivity contribution in [3.05, 3.63) is 126 Å². The number of para-hydroxylation sites is 2. The molecule has 0 saturated carbocycles. The number of rotatable bonds is 9. The molecule has 7 nitrogen and oxygen atoms in total. The summed E-state index contributed by atoms with van der Waals surface area (Å²) in [5.74, 6) is 1.41. The van der Waals surface area contributed by atoms with Gasteiger partial charge in [-0.1, -0.05) is 72.8 Å². The van der Waals surface area contributed by atoms with E-state index in [-0.39, 0.29) is 19.0 Å². The van der Waals surface area contributed by atoms with E-state index in [1.165, 1.54) is 0 Å². The highest BCUT2D eigenvalue weighted by atomic mass is 31.2. The number of ether oxygens (including phenoxy) is 2. The van der Waals surface area contributed by atoms with Gasteiger partial charge in [0.15, 0.2) is 0 Å². The average molecular weight is 530 g/mol. The summed E-state index contributed by atoms with van der Waals surface area (Å²) in [6.07, 6.45) is 0.0519. The predicted octanol–water partition coefficient (Wildman–Crippen LogP) is 7.07. The van der Waals surface area contributed by atoms with E-state index in [1.54, 1.807) is 59.5 Å². The summed E-state index contributed by atoms with van der Waals surface area (Å²) in [5, 5.41) is 0. The molecule has 0 radical (unpaired) electrons. The first-order chi connectivity index (χ1) is 18.6. The lowest BCUT2D eigenvalue weighted by molar-refractivity contribution is 0.0918. The molecule has 1 heterocycles. The fourth-order valence-electron chi connectivity index (χ4n) is 4.09. The van der Waals surface area contributed by atoms with Gasteiger partial charge < -0.3 is 23.4 Å². The number of benzene rings is 4. The molecule has 0 N–H and O–H groups in total. The summed E-state index contributed by atoms with van der Waals surface area (Å²) in [4.78, 5) is 14.3. The van der Waals surface area contributed by atoms with Gasteiger partial charge in [0.1, 0.15) is 23.9 Å². The second kappa shape index (κ2) is 11.9. The smallest absolute Gasteiger partial charge is 0.468 e. The monoisotopic (exact) mass is 529 g/mol. The van der Waals surface area contributed by atoms with Gasteiger partial charge in [0, 0.05) is 13.1 Å².